The Labute approximate surface area is 201 Å². The standard InChI is InChI=1S/C28H49NO4/c1-18(10-11-25(32)29(5)33-6)21-8-7-9-22-20-16-24(31)28(4)17-19(30)12-15-27(28,3)23(20)13-14-26(21,22)2/h18-24,30-31H,7-17H2,1-6H3/t18?,19-,20?,21?,22?,23?,24+,26?,27?,28+/m1/s1. The van der Waals surface area contributed by atoms with Crippen LogP contribution in [0.4, 0.5) is 0 Å². The third-order valence-corrected chi connectivity index (χ3v) is 11.9. The van der Waals surface area contributed by atoms with Crippen LogP contribution in [0, 0.1) is 45.8 Å². The van der Waals surface area contributed by atoms with E-state index in [1.807, 2.05) is 0 Å². The number of nitrogens with zero attached hydrogens (tertiary/aromatic N) is 1. The minimum Gasteiger partial charge on any atom is -0.393 e. The molecule has 5 heteroatoms. The van der Waals surface area contributed by atoms with Crippen molar-refractivity contribution in [1.82, 2.24) is 5.06 Å². The van der Waals surface area contributed by atoms with Crippen molar-refractivity contribution in [2.75, 3.05) is 14.2 Å². The second-order valence-electron chi connectivity index (χ2n) is 13.0. The van der Waals surface area contributed by atoms with E-state index in [1.54, 1.807) is 14.2 Å². The number of rotatable bonds is 5. The Kier molecular flexibility index (Phi) is 7.01. The molecule has 33 heavy (non-hydrogen) atoms. The molecule has 0 aromatic carbocycles. The van der Waals surface area contributed by atoms with E-state index in [-0.39, 0.29) is 28.9 Å². The van der Waals surface area contributed by atoms with Gasteiger partial charge in [0, 0.05) is 18.9 Å². The summed E-state index contributed by atoms with van der Waals surface area (Å²) in [5.41, 5.74) is 0.243. The molecular weight excluding hydrogens is 414 g/mol. The summed E-state index contributed by atoms with van der Waals surface area (Å²) in [6.45, 7) is 9.62. The van der Waals surface area contributed by atoms with Crippen LogP contribution in [-0.2, 0) is 9.63 Å². The summed E-state index contributed by atoms with van der Waals surface area (Å²) in [5.74, 6) is 3.13. The first-order chi connectivity index (χ1) is 15.5. The van der Waals surface area contributed by atoms with Crippen molar-refractivity contribution >= 4 is 5.91 Å². The van der Waals surface area contributed by atoms with Crippen LogP contribution in [0.1, 0.15) is 98.3 Å². The lowest BCUT2D eigenvalue weighted by Gasteiger charge is -2.68. The van der Waals surface area contributed by atoms with E-state index in [4.69, 9.17) is 4.84 Å². The molecule has 0 radical (unpaired) electrons. The van der Waals surface area contributed by atoms with Crippen LogP contribution in [-0.4, -0.2) is 47.5 Å². The molecule has 2 N–H and O–H groups in total. The Hall–Kier alpha value is -0.650. The second kappa shape index (κ2) is 9.09. The molecule has 0 spiro atoms. The quantitative estimate of drug-likeness (QED) is 0.550. The van der Waals surface area contributed by atoms with E-state index in [0.717, 1.165) is 32.1 Å². The fourth-order valence-corrected chi connectivity index (χ4v) is 9.61. The van der Waals surface area contributed by atoms with Gasteiger partial charge in [-0.1, -0.05) is 34.1 Å². The number of hydrogen-bond acceptors (Lipinski definition) is 4. The van der Waals surface area contributed by atoms with Crippen molar-refractivity contribution in [2.24, 2.45) is 45.8 Å². The predicted octanol–water partition coefficient (Wildman–Crippen LogP) is 5.19. The largest absolute Gasteiger partial charge is 0.393 e. The van der Waals surface area contributed by atoms with Gasteiger partial charge in [0.05, 0.1) is 19.3 Å². The highest BCUT2D eigenvalue weighted by atomic mass is 16.7. The van der Waals surface area contributed by atoms with E-state index in [2.05, 4.69) is 27.7 Å². The van der Waals surface area contributed by atoms with Crippen molar-refractivity contribution in [3.8, 4) is 0 Å². The fourth-order valence-electron chi connectivity index (χ4n) is 9.61. The average Bonchev–Trinajstić information content (AvgIpc) is 2.78. The topological polar surface area (TPSA) is 70.0 Å². The molecule has 0 aliphatic heterocycles. The zero-order valence-electron chi connectivity index (χ0n) is 22.0. The smallest absolute Gasteiger partial charge is 0.245 e. The maximum Gasteiger partial charge on any atom is 0.245 e. The highest BCUT2D eigenvalue weighted by molar-refractivity contribution is 5.74. The summed E-state index contributed by atoms with van der Waals surface area (Å²) in [4.78, 5) is 17.4. The van der Waals surface area contributed by atoms with Crippen LogP contribution in [0.5, 0.6) is 0 Å². The number of carbonyl (C=O) groups is 1. The van der Waals surface area contributed by atoms with Crippen LogP contribution >= 0.6 is 0 Å². The second-order valence-corrected chi connectivity index (χ2v) is 13.0. The lowest BCUT2D eigenvalue weighted by atomic mass is 9.37. The van der Waals surface area contributed by atoms with Gasteiger partial charge in [-0.25, -0.2) is 5.06 Å². The van der Waals surface area contributed by atoms with Gasteiger partial charge in [-0.15, -0.1) is 0 Å². The number of hydroxylamine groups is 2. The summed E-state index contributed by atoms with van der Waals surface area (Å²) < 4.78 is 0. The Morgan fingerprint density at radius 3 is 2.48 bits per heavy atom. The number of aliphatic hydroxyl groups is 2. The van der Waals surface area contributed by atoms with Crippen LogP contribution in [0.25, 0.3) is 0 Å². The lowest BCUT2D eigenvalue weighted by molar-refractivity contribution is -0.230. The predicted molar refractivity (Wildman–Crippen MR) is 130 cm³/mol. The summed E-state index contributed by atoms with van der Waals surface area (Å²) in [6, 6.07) is 0. The number of carbonyl (C=O) groups excluding carboxylic acids is 1. The minimum atomic E-state index is -0.318. The molecule has 5 nitrogen and oxygen atoms in total. The van der Waals surface area contributed by atoms with E-state index in [0.29, 0.717) is 41.4 Å². The molecule has 7 unspecified atom stereocenters. The van der Waals surface area contributed by atoms with E-state index >= 15 is 0 Å². The van der Waals surface area contributed by atoms with Crippen LogP contribution in [0.2, 0.25) is 0 Å². The lowest BCUT2D eigenvalue weighted by Crippen LogP contribution is -2.64. The molecule has 1 amide bonds. The molecule has 0 heterocycles. The fraction of sp³-hybridized carbons (Fsp3) is 0.964. The Morgan fingerprint density at radius 2 is 1.79 bits per heavy atom. The molecule has 4 aliphatic carbocycles. The molecular formula is C28H49NO4. The van der Waals surface area contributed by atoms with Gasteiger partial charge in [-0.05, 0) is 98.2 Å². The summed E-state index contributed by atoms with van der Waals surface area (Å²) in [7, 11) is 3.24. The van der Waals surface area contributed by atoms with Crippen LogP contribution in [0.15, 0.2) is 0 Å². The maximum absolute atomic E-state index is 12.3. The zero-order chi connectivity index (χ0) is 24.2. The summed E-state index contributed by atoms with van der Waals surface area (Å²) >= 11 is 0. The number of fused-ring (bicyclic) bond motifs is 5. The Balaban J connectivity index is 1.54. The van der Waals surface area contributed by atoms with Crippen LogP contribution < -0.4 is 0 Å². The van der Waals surface area contributed by atoms with Gasteiger partial charge in [0.15, 0.2) is 0 Å². The zero-order valence-corrected chi connectivity index (χ0v) is 22.0. The molecule has 4 rings (SSSR count). The summed E-state index contributed by atoms with van der Waals surface area (Å²) in [6.07, 6.45) is 10.8. The van der Waals surface area contributed by atoms with Gasteiger partial charge >= 0.3 is 0 Å². The van der Waals surface area contributed by atoms with Crippen LogP contribution in [0.3, 0.4) is 0 Å². The van der Waals surface area contributed by atoms with E-state index in [9.17, 15) is 15.0 Å². The summed E-state index contributed by atoms with van der Waals surface area (Å²) in [5, 5.41) is 23.3. The molecule has 0 saturated heterocycles. The van der Waals surface area contributed by atoms with Crippen molar-refractivity contribution in [1.29, 1.82) is 0 Å². The number of aliphatic hydroxyl groups excluding tert-OH is 2. The van der Waals surface area contributed by atoms with Crippen molar-refractivity contribution < 1.29 is 19.8 Å². The van der Waals surface area contributed by atoms with Crippen molar-refractivity contribution in [2.45, 2.75) is 111 Å². The first-order valence-electron chi connectivity index (χ1n) is 13.6. The molecule has 10 atom stereocenters. The first kappa shape index (κ1) is 25.4. The van der Waals surface area contributed by atoms with Gasteiger partial charge < -0.3 is 10.2 Å². The average molecular weight is 464 g/mol. The van der Waals surface area contributed by atoms with E-state index < -0.39 is 0 Å². The maximum atomic E-state index is 12.3. The third-order valence-electron chi connectivity index (χ3n) is 11.9. The van der Waals surface area contributed by atoms with E-state index in [1.165, 1.54) is 37.2 Å². The molecule has 0 aromatic heterocycles. The monoisotopic (exact) mass is 463 g/mol. The number of amides is 1. The molecule has 0 aromatic rings. The van der Waals surface area contributed by atoms with Gasteiger partial charge in [0.25, 0.3) is 0 Å². The Morgan fingerprint density at radius 1 is 1.06 bits per heavy atom. The van der Waals surface area contributed by atoms with Crippen molar-refractivity contribution in [3.05, 3.63) is 0 Å². The third kappa shape index (κ3) is 3.98. The molecule has 4 saturated carbocycles. The van der Waals surface area contributed by atoms with Gasteiger partial charge in [0.1, 0.15) is 0 Å². The highest BCUT2D eigenvalue weighted by Gasteiger charge is 2.65. The minimum absolute atomic E-state index is 0.0627. The van der Waals surface area contributed by atoms with Gasteiger partial charge in [-0.2, -0.15) is 0 Å². The molecule has 4 fully saturated rings. The first-order valence-corrected chi connectivity index (χ1v) is 13.6. The SMILES string of the molecule is CON(C)C(=O)CCC(C)C1CCCC2C3C[C@H](O)[C@]4(C)C[C@H](O)CCC4(C)C3CCC12C. The number of hydrogen-bond donors (Lipinski definition) is 2. The van der Waals surface area contributed by atoms with Gasteiger partial charge in [-0.3, -0.25) is 9.63 Å². The molecule has 190 valence electrons. The van der Waals surface area contributed by atoms with Gasteiger partial charge in [0.2, 0.25) is 5.91 Å². The highest BCUT2D eigenvalue weighted by Crippen LogP contribution is 2.70. The molecule has 0 bridgehead atoms. The van der Waals surface area contributed by atoms with Crippen molar-refractivity contribution in [3.63, 3.8) is 0 Å². The normalized spacial score (nSPS) is 48.2. The molecule has 4 aliphatic rings. The Bertz CT molecular complexity index is 729.